The highest BCUT2D eigenvalue weighted by Crippen LogP contribution is 2.34. The number of aryl methyl sites for hydroxylation is 1. The maximum atomic E-state index is 5.44. The standard InChI is InChI=1S/C16H20N6O/c1-11-17-9-12(10-18-11)14-13-3-4-21(2)15(13)20-16(19-14)22-5-7-23-8-6-22/h9-10H,3-8H2,1-2H3. The van der Waals surface area contributed by atoms with E-state index in [1.165, 1.54) is 5.56 Å². The Balaban J connectivity index is 1.82. The molecule has 1 saturated heterocycles. The molecule has 0 N–H and O–H groups in total. The molecule has 0 aliphatic carbocycles. The van der Waals surface area contributed by atoms with Crippen molar-refractivity contribution < 1.29 is 4.74 Å². The highest BCUT2D eigenvalue weighted by atomic mass is 16.5. The van der Waals surface area contributed by atoms with E-state index in [0.29, 0.717) is 0 Å². The number of nitrogens with zero attached hydrogens (tertiary/aromatic N) is 6. The zero-order valence-corrected chi connectivity index (χ0v) is 13.5. The van der Waals surface area contributed by atoms with Crippen molar-refractivity contribution in [1.82, 2.24) is 19.9 Å². The maximum Gasteiger partial charge on any atom is 0.228 e. The molecule has 1 fully saturated rings. The van der Waals surface area contributed by atoms with Gasteiger partial charge in [0.25, 0.3) is 0 Å². The Morgan fingerprint density at radius 2 is 1.78 bits per heavy atom. The fourth-order valence-corrected chi connectivity index (χ4v) is 3.05. The van der Waals surface area contributed by atoms with E-state index in [2.05, 4.69) is 26.8 Å². The maximum absolute atomic E-state index is 5.44. The molecule has 0 aromatic carbocycles. The Kier molecular flexibility index (Phi) is 3.57. The fourth-order valence-electron chi connectivity index (χ4n) is 3.05. The van der Waals surface area contributed by atoms with Gasteiger partial charge < -0.3 is 14.5 Å². The van der Waals surface area contributed by atoms with Gasteiger partial charge in [0, 0.05) is 50.2 Å². The minimum absolute atomic E-state index is 0.721. The second kappa shape index (κ2) is 5.73. The van der Waals surface area contributed by atoms with E-state index in [-0.39, 0.29) is 0 Å². The Bertz CT molecular complexity index is 711. The van der Waals surface area contributed by atoms with Crippen molar-refractivity contribution >= 4 is 11.8 Å². The Morgan fingerprint density at radius 1 is 1.04 bits per heavy atom. The minimum atomic E-state index is 0.721. The molecule has 7 heteroatoms. The number of hydrogen-bond donors (Lipinski definition) is 0. The molecule has 0 bridgehead atoms. The van der Waals surface area contributed by atoms with Gasteiger partial charge >= 0.3 is 0 Å². The van der Waals surface area contributed by atoms with Crippen LogP contribution in [0.15, 0.2) is 12.4 Å². The Hall–Kier alpha value is -2.28. The summed E-state index contributed by atoms with van der Waals surface area (Å²) in [5.41, 5.74) is 3.11. The van der Waals surface area contributed by atoms with Crippen LogP contribution in [0.2, 0.25) is 0 Å². The SMILES string of the molecule is Cc1ncc(-c2nc(N3CCOCC3)nc3c2CCN3C)cn1. The molecule has 4 heterocycles. The van der Waals surface area contributed by atoms with Crippen LogP contribution < -0.4 is 9.80 Å². The summed E-state index contributed by atoms with van der Waals surface area (Å²) in [6.07, 6.45) is 4.66. The largest absolute Gasteiger partial charge is 0.378 e. The lowest BCUT2D eigenvalue weighted by atomic mass is 10.1. The third-order valence-electron chi connectivity index (χ3n) is 4.38. The van der Waals surface area contributed by atoms with Gasteiger partial charge in [-0.05, 0) is 13.3 Å². The molecule has 4 rings (SSSR count). The molecule has 0 radical (unpaired) electrons. The molecule has 0 unspecified atom stereocenters. The zero-order valence-electron chi connectivity index (χ0n) is 13.5. The molecule has 0 amide bonds. The number of rotatable bonds is 2. The van der Waals surface area contributed by atoms with Crippen molar-refractivity contribution in [3.63, 3.8) is 0 Å². The topological polar surface area (TPSA) is 67.3 Å². The van der Waals surface area contributed by atoms with Crippen LogP contribution in [0.25, 0.3) is 11.3 Å². The third-order valence-corrected chi connectivity index (χ3v) is 4.38. The normalized spacial score (nSPS) is 17.5. The molecule has 2 aromatic heterocycles. The highest BCUT2D eigenvalue weighted by molar-refractivity contribution is 5.72. The van der Waals surface area contributed by atoms with E-state index in [1.54, 1.807) is 0 Å². The summed E-state index contributed by atoms with van der Waals surface area (Å²) in [5.74, 6) is 2.57. The number of likely N-dealkylation sites (N-methyl/N-ethyl adjacent to an activating group) is 1. The summed E-state index contributed by atoms with van der Waals surface area (Å²) >= 11 is 0. The predicted octanol–water partition coefficient (Wildman–Crippen LogP) is 1.07. The van der Waals surface area contributed by atoms with E-state index in [4.69, 9.17) is 14.7 Å². The van der Waals surface area contributed by atoms with E-state index in [0.717, 1.165) is 68.1 Å². The van der Waals surface area contributed by atoms with Crippen molar-refractivity contribution in [2.75, 3.05) is 49.7 Å². The number of fused-ring (bicyclic) bond motifs is 1. The molecule has 7 nitrogen and oxygen atoms in total. The Morgan fingerprint density at radius 3 is 2.52 bits per heavy atom. The van der Waals surface area contributed by atoms with Crippen molar-refractivity contribution in [1.29, 1.82) is 0 Å². The Labute approximate surface area is 135 Å². The molecule has 0 saturated carbocycles. The van der Waals surface area contributed by atoms with Crippen molar-refractivity contribution in [3.8, 4) is 11.3 Å². The second-order valence-electron chi connectivity index (χ2n) is 5.96. The first-order chi connectivity index (χ1) is 11.2. The average Bonchev–Trinajstić information content (AvgIpc) is 2.97. The molecule has 2 aliphatic heterocycles. The molecule has 2 aromatic rings. The van der Waals surface area contributed by atoms with Crippen LogP contribution in [-0.2, 0) is 11.2 Å². The summed E-state index contributed by atoms with van der Waals surface area (Å²) in [6, 6.07) is 0. The van der Waals surface area contributed by atoms with Gasteiger partial charge in [-0.15, -0.1) is 0 Å². The summed E-state index contributed by atoms with van der Waals surface area (Å²) in [5, 5.41) is 0. The molecule has 0 spiro atoms. The second-order valence-corrected chi connectivity index (χ2v) is 5.96. The fraction of sp³-hybridized carbons (Fsp3) is 0.500. The van der Waals surface area contributed by atoms with E-state index < -0.39 is 0 Å². The number of ether oxygens (including phenoxy) is 1. The van der Waals surface area contributed by atoms with Crippen LogP contribution in [0.3, 0.4) is 0 Å². The summed E-state index contributed by atoms with van der Waals surface area (Å²) in [6.45, 7) is 5.95. The predicted molar refractivity (Wildman–Crippen MR) is 87.8 cm³/mol. The highest BCUT2D eigenvalue weighted by Gasteiger charge is 2.26. The molecular weight excluding hydrogens is 292 g/mol. The van der Waals surface area contributed by atoms with Gasteiger partial charge in [0.1, 0.15) is 11.6 Å². The van der Waals surface area contributed by atoms with Gasteiger partial charge in [-0.25, -0.2) is 15.0 Å². The number of anilines is 2. The molecule has 120 valence electrons. The lowest BCUT2D eigenvalue weighted by Gasteiger charge is -2.28. The van der Waals surface area contributed by atoms with E-state index in [1.807, 2.05) is 19.3 Å². The number of hydrogen-bond acceptors (Lipinski definition) is 7. The first-order valence-corrected chi connectivity index (χ1v) is 7.96. The molecule has 2 aliphatic rings. The van der Waals surface area contributed by atoms with Gasteiger partial charge in [0.05, 0.1) is 18.9 Å². The van der Waals surface area contributed by atoms with Crippen LogP contribution in [0.4, 0.5) is 11.8 Å². The average molecular weight is 312 g/mol. The van der Waals surface area contributed by atoms with Crippen LogP contribution in [0.5, 0.6) is 0 Å². The van der Waals surface area contributed by atoms with Gasteiger partial charge in [0.2, 0.25) is 5.95 Å². The summed E-state index contributed by atoms with van der Waals surface area (Å²) < 4.78 is 5.44. The van der Waals surface area contributed by atoms with Crippen LogP contribution in [0.1, 0.15) is 11.4 Å². The van der Waals surface area contributed by atoms with Crippen LogP contribution >= 0.6 is 0 Å². The first kappa shape index (κ1) is 14.3. The third kappa shape index (κ3) is 2.61. The molecule has 23 heavy (non-hydrogen) atoms. The van der Waals surface area contributed by atoms with Gasteiger partial charge in [-0.1, -0.05) is 0 Å². The quantitative estimate of drug-likeness (QED) is 0.821. The number of aromatic nitrogens is 4. The smallest absolute Gasteiger partial charge is 0.228 e. The zero-order chi connectivity index (χ0) is 15.8. The molecular formula is C16H20N6O. The summed E-state index contributed by atoms with van der Waals surface area (Å²) in [4.78, 5) is 22.7. The van der Waals surface area contributed by atoms with Gasteiger partial charge in [-0.2, -0.15) is 4.98 Å². The first-order valence-electron chi connectivity index (χ1n) is 7.96. The summed E-state index contributed by atoms with van der Waals surface area (Å²) in [7, 11) is 2.08. The van der Waals surface area contributed by atoms with Crippen LogP contribution in [-0.4, -0.2) is 59.8 Å². The molecule has 0 atom stereocenters. The van der Waals surface area contributed by atoms with Crippen LogP contribution in [0, 0.1) is 6.92 Å². The van der Waals surface area contributed by atoms with Gasteiger partial charge in [0.15, 0.2) is 0 Å². The van der Waals surface area contributed by atoms with E-state index in [9.17, 15) is 0 Å². The minimum Gasteiger partial charge on any atom is -0.378 e. The van der Waals surface area contributed by atoms with Crippen molar-refractivity contribution in [3.05, 3.63) is 23.8 Å². The monoisotopic (exact) mass is 312 g/mol. The van der Waals surface area contributed by atoms with Crippen molar-refractivity contribution in [2.45, 2.75) is 13.3 Å². The lowest BCUT2D eigenvalue weighted by Crippen LogP contribution is -2.37. The van der Waals surface area contributed by atoms with Crippen molar-refractivity contribution in [2.24, 2.45) is 0 Å². The number of morpholine rings is 1. The lowest BCUT2D eigenvalue weighted by molar-refractivity contribution is 0.122. The van der Waals surface area contributed by atoms with E-state index >= 15 is 0 Å². The van der Waals surface area contributed by atoms with Gasteiger partial charge in [-0.3, -0.25) is 0 Å².